The highest BCUT2D eigenvalue weighted by atomic mass is 16.7. The van der Waals surface area contributed by atoms with E-state index in [9.17, 15) is 15.8 Å². The third-order valence-electron chi connectivity index (χ3n) is 4.73. The molecule has 2 bridgehead atoms. The van der Waals surface area contributed by atoms with Gasteiger partial charge in [0.15, 0.2) is 10.8 Å². The van der Waals surface area contributed by atoms with Crippen molar-refractivity contribution in [2.45, 2.75) is 31.5 Å². The standard InChI is InChI=1S/C13H12N4O2/c14-5-11(6-15)9-3-1-2-4-13(9)18-8-12(11,7-16)10(17)19-13/h9,17H,1-4,8H2/t9-,12+,13-/m1/s1. The van der Waals surface area contributed by atoms with Crippen LogP contribution in [0.15, 0.2) is 0 Å². The lowest BCUT2D eigenvalue weighted by Crippen LogP contribution is -2.72. The SMILES string of the molecule is N#CC1(C#N)[C@H]2CCCC[C@]23OC[C@@]1(C#N)C(=N)O3. The summed E-state index contributed by atoms with van der Waals surface area (Å²) in [5, 5.41) is 36.6. The van der Waals surface area contributed by atoms with Gasteiger partial charge in [-0.25, -0.2) is 0 Å². The number of fused-ring (bicyclic) bond motifs is 2. The van der Waals surface area contributed by atoms with Crippen molar-refractivity contribution in [1.29, 1.82) is 21.2 Å². The molecule has 96 valence electrons. The summed E-state index contributed by atoms with van der Waals surface area (Å²) in [5.74, 6) is -1.81. The molecule has 6 heteroatoms. The highest BCUT2D eigenvalue weighted by Gasteiger charge is 2.76. The Morgan fingerprint density at radius 3 is 2.47 bits per heavy atom. The zero-order chi connectivity index (χ0) is 13.7. The summed E-state index contributed by atoms with van der Waals surface area (Å²) in [4.78, 5) is 0. The summed E-state index contributed by atoms with van der Waals surface area (Å²) >= 11 is 0. The van der Waals surface area contributed by atoms with Crippen LogP contribution >= 0.6 is 0 Å². The van der Waals surface area contributed by atoms with Crippen LogP contribution in [0.5, 0.6) is 0 Å². The lowest BCUT2D eigenvalue weighted by molar-refractivity contribution is -0.329. The third kappa shape index (κ3) is 1.06. The number of rotatable bonds is 0. The molecule has 3 aliphatic heterocycles. The minimum absolute atomic E-state index is 0.111. The van der Waals surface area contributed by atoms with Crippen LogP contribution in [0.2, 0.25) is 0 Å². The summed E-state index contributed by atoms with van der Waals surface area (Å²) in [7, 11) is 0. The van der Waals surface area contributed by atoms with Crippen LogP contribution in [-0.4, -0.2) is 18.3 Å². The molecular weight excluding hydrogens is 244 g/mol. The van der Waals surface area contributed by atoms with Crippen molar-refractivity contribution in [3.05, 3.63) is 0 Å². The van der Waals surface area contributed by atoms with Gasteiger partial charge in [-0.3, -0.25) is 5.41 Å². The highest BCUT2D eigenvalue weighted by Crippen LogP contribution is 2.63. The zero-order valence-electron chi connectivity index (χ0n) is 10.3. The van der Waals surface area contributed by atoms with Crippen molar-refractivity contribution in [2.24, 2.45) is 16.7 Å². The lowest BCUT2D eigenvalue weighted by Gasteiger charge is -2.60. The molecule has 1 N–H and O–H groups in total. The number of nitrogens with zero attached hydrogens (tertiary/aromatic N) is 3. The fourth-order valence-corrected chi connectivity index (χ4v) is 3.67. The van der Waals surface area contributed by atoms with E-state index in [4.69, 9.17) is 14.9 Å². The van der Waals surface area contributed by atoms with Crippen LogP contribution in [0.1, 0.15) is 25.7 Å². The molecule has 0 aromatic heterocycles. The van der Waals surface area contributed by atoms with Gasteiger partial charge in [0, 0.05) is 6.42 Å². The number of hydrogen-bond donors (Lipinski definition) is 1. The van der Waals surface area contributed by atoms with Crippen molar-refractivity contribution in [3.8, 4) is 18.2 Å². The molecule has 3 heterocycles. The Labute approximate surface area is 110 Å². The number of ether oxygens (including phenoxy) is 2. The monoisotopic (exact) mass is 256 g/mol. The lowest BCUT2D eigenvalue weighted by atomic mass is 9.51. The van der Waals surface area contributed by atoms with Crippen molar-refractivity contribution in [1.82, 2.24) is 0 Å². The van der Waals surface area contributed by atoms with Crippen LogP contribution in [0.4, 0.5) is 0 Å². The van der Waals surface area contributed by atoms with Crippen molar-refractivity contribution >= 4 is 5.90 Å². The average molecular weight is 256 g/mol. The quantitative estimate of drug-likeness (QED) is 0.704. The first kappa shape index (κ1) is 12.0. The van der Waals surface area contributed by atoms with Crippen LogP contribution in [0.25, 0.3) is 0 Å². The van der Waals surface area contributed by atoms with Gasteiger partial charge in [-0.1, -0.05) is 6.42 Å². The fourth-order valence-electron chi connectivity index (χ4n) is 3.67. The van der Waals surface area contributed by atoms with E-state index >= 15 is 0 Å². The van der Waals surface area contributed by atoms with Gasteiger partial charge >= 0.3 is 0 Å². The molecule has 0 aromatic carbocycles. The second kappa shape index (κ2) is 3.47. The molecule has 0 radical (unpaired) electrons. The maximum absolute atomic E-state index is 9.58. The minimum atomic E-state index is -1.60. The number of hydrogen-bond acceptors (Lipinski definition) is 6. The summed E-state index contributed by atoms with van der Waals surface area (Å²) in [6.07, 6.45) is 2.92. The van der Waals surface area contributed by atoms with E-state index < -0.39 is 22.5 Å². The highest BCUT2D eigenvalue weighted by molar-refractivity contribution is 5.87. The van der Waals surface area contributed by atoms with E-state index in [2.05, 4.69) is 0 Å². The maximum Gasteiger partial charge on any atom is 0.217 e. The molecule has 1 spiro atoms. The molecule has 4 aliphatic rings. The molecule has 19 heavy (non-hydrogen) atoms. The average Bonchev–Trinajstić information content (AvgIpc) is 2.45. The third-order valence-corrected chi connectivity index (χ3v) is 4.73. The Morgan fingerprint density at radius 1 is 1.16 bits per heavy atom. The largest absolute Gasteiger partial charge is 0.447 e. The van der Waals surface area contributed by atoms with E-state index in [0.29, 0.717) is 12.8 Å². The first-order valence-corrected chi connectivity index (χ1v) is 6.26. The van der Waals surface area contributed by atoms with E-state index in [1.54, 1.807) is 0 Å². The number of nitriles is 3. The molecule has 3 saturated heterocycles. The van der Waals surface area contributed by atoms with E-state index in [1.165, 1.54) is 0 Å². The Bertz CT molecular complexity index is 567. The molecule has 0 aromatic rings. The van der Waals surface area contributed by atoms with Crippen LogP contribution in [-0.2, 0) is 9.47 Å². The summed E-state index contributed by atoms with van der Waals surface area (Å²) in [5.41, 5.74) is -3.14. The Hall–Kier alpha value is -2.10. The number of nitrogens with one attached hydrogen (secondary N) is 1. The van der Waals surface area contributed by atoms with Gasteiger partial charge in [-0.05, 0) is 12.8 Å². The minimum Gasteiger partial charge on any atom is -0.447 e. The molecule has 4 rings (SSSR count). The van der Waals surface area contributed by atoms with Crippen molar-refractivity contribution < 1.29 is 9.47 Å². The predicted molar refractivity (Wildman–Crippen MR) is 61.2 cm³/mol. The van der Waals surface area contributed by atoms with Gasteiger partial charge in [0.05, 0.1) is 30.7 Å². The molecule has 1 aliphatic carbocycles. The molecule has 3 atom stereocenters. The first-order chi connectivity index (χ1) is 9.11. The molecule has 4 fully saturated rings. The van der Waals surface area contributed by atoms with Crippen LogP contribution in [0, 0.1) is 56.2 Å². The summed E-state index contributed by atoms with van der Waals surface area (Å²) < 4.78 is 11.3. The Morgan fingerprint density at radius 2 is 1.89 bits per heavy atom. The zero-order valence-corrected chi connectivity index (χ0v) is 10.3. The fraction of sp³-hybridized carbons (Fsp3) is 0.692. The van der Waals surface area contributed by atoms with E-state index in [-0.39, 0.29) is 12.5 Å². The van der Waals surface area contributed by atoms with Crippen LogP contribution in [0.3, 0.4) is 0 Å². The maximum atomic E-state index is 9.58. The van der Waals surface area contributed by atoms with Crippen molar-refractivity contribution in [2.75, 3.05) is 6.61 Å². The molecule has 1 saturated carbocycles. The second-order valence-electron chi connectivity index (χ2n) is 5.38. The van der Waals surface area contributed by atoms with Crippen LogP contribution < -0.4 is 0 Å². The Kier molecular flexibility index (Phi) is 2.18. The smallest absolute Gasteiger partial charge is 0.217 e. The Balaban J connectivity index is 2.26. The topological polar surface area (TPSA) is 114 Å². The molecule has 0 amide bonds. The summed E-state index contributed by atoms with van der Waals surface area (Å²) in [6.45, 7) is -0.111. The van der Waals surface area contributed by atoms with E-state index in [0.717, 1.165) is 12.8 Å². The van der Waals surface area contributed by atoms with Gasteiger partial charge in [-0.15, -0.1) is 0 Å². The van der Waals surface area contributed by atoms with Gasteiger partial charge in [0.25, 0.3) is 0 Å². The van der Waals surface area contributed by atoms with Gasteiger partial charge in [-0.2, -0.15) is 15.8 Å². The van der Waals surface area contributed by atoms with Crippen molar-refractivity contribution in [3.63, 3.8) is 0 Å². The molecular formula is C13H12N4O2. The van der Waals surface area contributed by atoms with Gasteiger partial charge < -0.3 is 9.47 Å². The summed E-state index contributed by atoms with van der Waals surface area (Å²) in [6, 6.07) is 6.02. The molecule has 6 nitrogen and oxygen atoms in total. The normalized spacial score (nSPS) is 42.2. The predicted octanol–water partition coefficient (Wildman–Crippen LogP) is 1.45. The molecule has 0 unspecified atom stereocenters. The van der Waals surface area contributed by atoms with Gasteiger partial charge in [0.2, 0.25) is 11.7 Å². The second-order valence-corrected chi connectivity index (χ2v) is 5.38. The van der Waals surface area contributed by atoms with E-state index in [1.807, 2.05) is 18.2 Å². The first-order valence-electron chi connectivity index (χ1n) is 6.26. The van der Waals surface area contributed by atoms with Gasteiger partial charge in [0.1, 0.15) is 0 Å².